The summed E-state index contributed by atoms with van der Waals surface area (Å²) >= 11 is 5.93. The van der Waals surface area contributed by atoms with E-state index in [1.54, 1.807) is 18.2 Å². The lowest BCUT2D eigenvalue weighted by Gasteiger charge is -2.28. The number of carbonyl (C=O) groups excluding carboxylic acids is 1. The van der Waals surface area contributed by atoms with Gasteiger partial charge in [0.1, 0.15) is 5.75 Å². The Labute approximate surface area is 117 Å². The molecular weight excluding hydrogens is 266 g/mol. The lowest BCUT2D eigenvalue weighted by Crippen LogP contribution is -2.49. The Hall–Kier alpha value is -1.26. The van der Waals surface area contributed by atoms with Gasteiger partial charge in [0.15, 0.2) is 0 Å². The molecule has 2 N–H and O–H groups in total. The highest BCUT2D eigenvalue weighted by molar-refractivity contribution is 6.32. The molecule has 1 aliphatic rings. The van der Waals surface area contributed by atoms with E-state index in [9.17, 15) is 9.90 Å². The third kappa shape index (κ3) is 3.01. The van der Waals surface area contributed by atoms with Crippen LogP contribution in [0, 0.1) is 0 Å². The SMILES string of the molecule is COc1cc(C(=O)NC2(CO)CCCC2)ccc1Cl. The molecule has 1 aromatic rings. The number of aliphatic hydroxyl groups is 1. The maximum Gasteiger partial charge on any atom is 0.251 e. The van der Waals surface area contributed by atoms with Crippen LogP contribution in [0.25, 0.3) is 0 Å². The van der Waals surface area contributed by atoms with Crippen LogP contribution in [0.2, 0.25) is 5.02 Å². The minimum Gasteiger partial charge on any atom is -0.495 e. The van der Waals surface area contributed by atoms with Crippen molar-refractivity contribution in [2.24, 2.45) is 0 Å². The number of amides is 1. The van der Waals surface area contributed by atoms with E-state index in [0.717, 1.165) is 25.7 Å². The van der Waals surface area contributed by atoms with Gasteiger partial charge in [-0.25, -0.2) is 0 Å². The maximum atomic E-state index is 12.2. The van der Waals surface area contributed by atoms with Crippen LogP contribution in [-0.4, -0.2) is 30.3 Å². The van der Waals surface area contributed by atoms with Gasteiger partial charge < -0.3 is 15.2 Å². The maximum absolute atomic E-state index is 12.2. The van der Waals surface area contributed by atoms with Crippen LogP contribution in [0.1, 0.15) is 36.0 Å². The molecule has 1 fully saturated rings. The molecule has 1 saturated carbocycles. The zero-order valence-corrected chi connectivity index (χ0v) is 11.7. The number of carbonyl (C=O) groups is 1. The molecule has 0 aliphatic heterocycles. The van der Waals surface area contributed by atoms with E-state index in [-0.39, 0.29) is 12.5 Å². The summed E-state index contributed by atoms with van der Waals surface area (Å²) < 4.78 is 5.10. The molecule has 5 heteroatoms. The highest BCUT2D eigenvalue weighted by Crippen LogP contribution is 2.30. The predicted molar refractivity (Wildman–Crippen MR) is 73.8 cm³/mol. The van der Waals surface area contributed by atoms with E-state index < -0.39 is 5.54 Å². The summed E-state index contributed by atoms with van der Waals surface area (Å²) in [6, 6.07) is 4.90. The molecule has 0 aromatic heterocycles. The molecule has 0 heterocycles. The zero-order valence-electron chi connectivity index (χ0n) is 10.9. The van der Waals surface area contributed by atoms with Gasteiger partial charge in [0.05, 0.1) is 24.3 Å². The summed E-state index contributed by atoms with van der Waals surface area (Å²) in [5.41, 5.74) is 0.0187. The molecule has 0 atom stereocenters. The highest BCUT2D eigenvalue weighted by atomic mass is 35.5. The molecule has 19 heavy (non-hydrogen) atoms. The summed E-state index contributed by atoms with van der Waals surface area (Å²) in [7, 11) is 1.51. The van der Waals surface area contributed by atoms with Gasteiger partial charge >= 0.3 is 0 Å². The summed E-state index contributed by atoms with van der Waals surface area (Å²) in [4.78, 5) is 12.2. The Balaban J connectivity index is 2.15. The van der Waals surface area contributed by atoms with Crippen molar-refractivity contribution in [2.75, 3.05) is 13.7 Å². The molecule has 1 aliphatic carbocycles. The Morgan fingerprint density at radius 3 is 2.74 bits per heavy atom. The number of rotatable bonds is 4. The second-order valence-corrected chi connectivity index (χ2v) is 5.36. The van der Waals surface area contributed by atoms with Crippen molar-refractivity contribution in [3.8, 4) is 5.75 Å². The summed E-state index contributed by atoms with van der Waals surface area (Å²) in [6.45, 7) is -0.0243. The average Bonchev–Trinajstić information content (AvgIpc) is 2.88. The number of hydrogen-bond acceptors (Lipinski definition) is 3. The van der Waals surface area contributed by atoms with Gasteiger partial charge in [-0.05, 0) is 31.0 Å². The first-order valence-electron chi connectivity index (χ1n) is 6.37. The lowest BCUT2D eigenvalue weighted by atomic mass is 9.98. The molecule has 1 aromatic carbocycles. The molecule has 0 spiro atoms. The molecule has 0 unspecified atom stereocenters. The molecule has 0 radical (unpaired) electrons. The number of halogens is 1. The second-order valence-electron chi connectivity index (χ2n) is 4.95. The van der Waals surface area contributed by atoms with Gasteiger partial charge in [0, 0.05) is 5.56 Å². The molecule has 104 valence electrons. The smallest absolute Gasteiger partial charge is 0.251 e. The quantitative estimate of drug-likeness (QED) is 0.892. The summed E-state index contributed by atoms with van der Waals surface area (Å²) in [6.07, 6.45) is 3.70. The van der Waals surface area contributed by atoms with Crippen molar-refractivity contribution >= 4 is 17.5 Å². The van der Waals surface area contributed by atoms with Crippen molar-refractivity contribution in [1.29, 1.82) is 0 Å². The summed E-state index contributed by atoms with van der Waals surface area (Å²) in [5, 5.41) is 12.9. The van der Waals surface area contributed by atoms with E-state index in [2.05, 4.69) is 5.32 Å². The normalized spacial score (nSPS) is 17.2. The Morgan fingerprint density at radius 2 is 2.16 bits per heavy atom. The molecule has 0 saturated heterocycles. The first kappa shape index (κ1) is 14.2. The van der Waals surface area contributed by atoms with Gasteiger partial charge in [0.2, 0.25) is 0 Å². The minimum atomic E-state index is -0.468. The third-order valence-electron chi connectivity index (χ3n) is 3.66. The minimum absolute atomic E-state index is 0.0243. The van der Waals surface area contributed by atoms with Gasteiger partial charge in [-0.3, -0.25) is 4.79 Å². The van der Waals surface area contributed by atoms with Crippen molar-refractivity contribution in [1.82, 2.24) is 5.32 Å². The monoisotopic (exact) mass is 283 g/mol. The Kier molecular flexibility index (Phi) is 4.32. The highest BCUT2D eigenvalue weighted by Gasteiger charge is 2.34. The molecule has 4 nitrogen and oxygen atoms in total. The number of nitrogens with one attached hydrogen (secondary N) is 1. The van der Waals surface area contributed by atoms with Crippen LogP contribution < -0.4 is 10.1 Å². The fraction of sp³-hybridized carbons (Fsp3) is 0.500. The zero-order chi connectivity index (χ0) is 13.9. The van der Waals surface area contributed by atoms with Crippen LogP contribution >= 0.6 is 11.6 Å². The van der Waals surface area contributed by atoms with Gasteiger partial charge in [-0.15, -0.1) is 0 Å². The van der Waals surface area contributed by atoms with Gasteiger partial charge in [0.25, 0.3) is 5.91 Å². The molecular formula is C14H18ClNO3. The van der Waals surface area contributed by atoms with Crippen molar-refractivity contribution in [3.63, 3.8) is 0 Å². The number of benzene rings is 1. The number of aliphatic hydroxyl groups excluding tert-OH is 1. The topological polar surface area (TPSA) is 58.6 Å². The number of hydrogen-bond donors (Lipinski definition) is 2. The lowest BCUT2D eigenvalue weighted by molar-refractivity contribution is 0.0838. The van der Waals surface area contributed by atoms with Crippen LogP contribution in [-0.2, 0) is 0 Å². The molecule has 0 bridgehead atoms. The van der Waals surface area contributed by atoms with Crippen LogP contribution in [0.15, 0.2) is 18.2 Å². The predicted octanol–water partition coefficient (Wildman–Crippen LogP) is 2.38. The van der Waals surface area contributed by atoms with Crippen LogP contribution in [0.5, 0.6) is 5.75 Å². The van der Waals surface area contributed by atoms with Crippen molar-refractivity contribution in [2.45, 2.75) is 31.2 Å². The van der Waals surface area contributed by atoms with Crippen LogP contribution in [0.3, 0.4) is 0 Å². The molecule has 1 amide bonds. The van der Waals surface area contributed by atoms with Crippen LogP contribution in [0.4, 0.5) is 0 Å². The first-order chi connectivity index (χ1) is 9.10. The summed E-state index contributed by atoms with van der Waals surface area (Å²) in [5.74, 6) is 0.268. The fourth-order valence-electron chi connectivity index (χ4n) is 2.49. The van der Waals surface area contributed by atoms with Crippen molar-refractivity contribution < 1.29 is 14.6 Å². The van der Waals surface area contributed by atoms with Crippen molar-refractivity contribution in [3.05, 3.63) is 28.8 Å². The largest absolute Gasteiger partial charge is 0.495 e. The van der Waals surface area contributed by atoms with Gasteiger partial charge in [-0.2, -0.15) is 0 Å². The Bertz CT molecular complexity index is 470. The first-order valence-corrected chi connectivity index (χ1v) is 6.75. The number of ether oxygens (including phenoxy) is 1. The Morgan fingerprint density at radius 1 is 1.47 bits per heavy atom. The van der Waals surface area contributed by atoms with E-state index in [1.165, 1.54) is 7.11 Å². The van der Waals surface area contributed by atoms with E-state index in [0.29, 0.717) is 16.3 Å². The molecule has 2 rings (SSSR count). The van der Waals surface area contributed by atoms with E-state index in [1.807, 2.05) is 0 Å². The standard InChI is InChI=1S/C14H18ClNO3/c1-19-12-8-10(4-5-11(12)15)13(18)16-14(9-17)6-2-3-7-14/h4-5,8,17H,2-3,6-7,9H2,1H3,(H,16,18). The third-order valence-corrected chi connectivity index (χ3v) is 3.97. The van der Waals surface area contributed by atoms with E-state index in [4.69, 9.17) is 16.3 Å². The van der Waals surface area contributed by atoms with Gasteiger partial charge in [-0.1, -0.05) is 24.4 Å². The number of methoxy groups -OCH3 is 1. The van der Waals surface area contributed by atoms with E-state index >= 15 is 0 Å². The fourth-order valence-corrected chi connectivity index (χ4v) is 2.68. The average molecular weight is 284 g/mol. The second kappa shape index (κ2) is 5.80.